The number of ether oxygens (including phenoxy) is 1. The Kier molecular flexibility index (Phi) is 2.94. The summed E-state index contributed by atoms with van der Waals surface area (Å²) in [6.45, 7) is 2.32. The van der Waals surface area contributed by atoms with Gasteiger partial charge in [-0.2, -0.15) is 0 Å². The summed E-state index contributed by atoms with van der Waals surface area (Å²) in [6.07, 6.45) is 6.14. The van der Waals surface area contributed by atoms with Gasteiger partial charge in [-0.3, -0.25) is 0 Å². The second-order valence-electron chi connectivity index (χ2n) is 5.59. The molecule has 0 radical (unpaired) electrons. The molecule has 0 spiro atoms. The number of hydrogen-bond donors (Lipinski definition) is 1. The molecule has 1 saturated heterocycles. The molecule has 2 fully saturated rings. The summed E-state index contributed by atoms with van der Waals surface area (Å²) < 4.78 is 5.35. The van der Waals surface area contributed by atoms with Crippen LogP contribution in [0.2, 0.25) is 0 Å². The van der Waals surface area contributed by atoms with Crippen LogP contribution in [-0.2, 0) is 5.54 Å². The normalized spacial score (nSPS) is 21.8. The standard InChI is InChI=1S/C15H22N2O/c1-18-12-5-6-14(17-9-3-2-4-10-17)13(11-12)15(16)7-8-15/h5-6,11H,2-4,7-10,16H2,1H3. The van der Waals surface area contributed by atoms with Crippen LogP contribution in [0.1, 0.15) is 37.7 Å². The molecule has 2 N–H and O–H groups in total. The maximum Gasteiger partial charge on any atom is 0.119 e. The van der Waals surface area contributed by atoms with Gasteiger partial charge in [0.25, 0.3) is 0 Å². The fourth-order valence-corrected chi connectivity index (χ4v) is 2.86. The van der Waals surface area contributed by atoms with Crippen LogP contribution in [0.15, 0.2) is 18.2 Å². The SMILES string of the molecule is COc1ccc(N2CCCCC2)c(C2(N)CC2)c1. The Balaban J connectivity index is 1.96. The summed E-state index contributed by atoms with van der Waals surface area (Å²) in [5.41, 5.74) is 8.93. The second kappa shape index (κ2) is 4.47. The van der Waals surface area contributed by atoms with E-state index in [2.05, 4.69) is 23.1 Å². The summed E-state index contributed by atoms with van der Waals surface area (Å²) in [6, 6.07) is 6.38. The van der Waals surface area contributed by atoms with Crippen molar-refractivity contribution in [3.63, 3.8) is 0 Å². The van der Waals surface area contributed by atoms with Crippen molar-refractivity contribution in [3.8, 4) is 5.75 Å². The number of nitrogens with two attached hydrogens (primary N) is 1. The highest BCUT2D eigenvalue weighted by Gasteiger charge is 2.42. The van der Waals surface area contributed by atoms with E-state index in [0.29, 0.717) is 0 Å². The number of methoxy groups -OCH3 is 1. The summed E-state index contributed by atoms with van der Waals surface area (Å²) in [7, 11) is 1.72. The maximum absolute atomic E-state index is 6.42. The van der Waals surface area contributed by atoms with Crippen LogP contribution in [0.4, 0.5) is 5.69 Å². The predicted octanol–water partition coefficient (Wildman–Crippen LogP) is 2.63. The first kappa shape index (κ1) is 11.8. The average Bonchev–Trinajstić information content (AvgIpc) is 3.18. The van der Waals surface area contributed by atoms with Crippen LogP contribution >= 0.6 is 0 Å². The van der Waals surface area contributed by atoms with Crippen molar-refractivity contribution in [2.45, 2.75) is 37.6 Å². The molecule has 1 aliphatic carbocycles. The molecular weight excluding hydrogens is 224 g/mol. The molecule has 3 rings (SSSR count). The molecule has 18 heavy (non-hydrogen) atoms. The van der Waals surface area contributed by atoms with Gasteiger partial charge in [-0.25, -0.2) is 0 Å². The smallest absolute Gasteiger partial charge is 0.119 e. The van der Waals surface area contributed by atoms with Crippen molar-refractivity contribution in [3.05, 3.63) is 23.8 Å². The Labute approximate surface area is 109 Å². The average molecular weight is 246 g/mol. The molecular formula is C15H22N2O. The van der Waals surface area contributed by atoms with E-state index in [1.54, 1.807) is 7.11 Å². The fraction of sp³-hybridized carbons (Fsp3) is 0.600. The highest BCUT2D eigenvalue weighted by atomic mass is 16.5. The third-order valence-electron chi connectivity index (χ3n) is 4.23. The summed E-state index contributed by atoms with van der Waals surface area (Å²) in [4.78, 5) is 2.49. The molecule has 1 aromatic carbocycles. The molecule has 0 amide bonds. The Morgan fingerprint density at radius 3 is 2.50 bits per heavy atom. The van der Waals surface area contributed by atoms with E-state index in [9.17, 15) is 0 Å². The predicted molar refractivity (Wildman–Crippen MR) is 74.2 cm³/mol. The van der Waals surface area contributed by atoms with Crippen LogP contribution in [-0.4, -0.2) is 20.2 Å². The number of benzene rings is 1. The van der Waals surface area contributed by atoms with Gasteiger partial charge < -0.3 is 15.4 Å². The van der Waals surface area contributed by atoms with Gasteiger partial charge in [0.15, 0.2) is 0 Å². The molecule has 1 aliphatic heterocycles. The largest absolute Gasteiger partial charge is 0.497 e. The van der Waals surface area contributed by atoms with Crippen molar-refractivity contribution in [1.82, 2.24) is 0 Å². The van der Waals surface area contributed by atoms with Crippen molar-refractivity contribution >= 4 is 5.69 Å². The van der Waals surface area contributed by atoms with Gasteiger partial charge >= 0.3 is 0 Å². The molecule has 3 nitrogen and oxygen atoms in total. The number of nitrogens with zero attached hydrogens (tertiary/aromatic N) is 1. The summed E-state index contributed by atoms with van der Waals surface area (Å²) in [5.74, 6) is 0.919. The van der Waals surface area contributed by atoms with Gasteiger partial charge in [-0.1, -0.05) is 0 Å². The fourth-order valence-electron chi connectivity index (χ4n) is 2.86. The molecule has 98 valence electrons. The van der Waals surface area contributed by atoms with E-state index in [1.165, 1.54) is 30.5 Å². The maximum atomic E-state index is 6.42. The Hall–Kier alpha value is -1.22. The van der Waals surface area contributed by atoms with Gasteiger partial charge in [-0.15, -0.1) is 0 Å². The zero-order valence-corrected chi connectivity index (χ0v) is 11.1. The third kappa shape index (κ3) is 2.07. The molecule has 1 aromatic rings. The van der Waals surface area contributed by atoms with Crippen molar-refractivity contribution in [2.75, 3.05) is 25.1 Å². The lowest BCUT2D eigenvalue weighted by Crippen LogP contribution is -2.32. The van der Waals surface area contributed by atoms with Gasteiger partial charge in [0.05, 0.1) is 7.11 Å². The van der Waals surface area contributed by atoms with Crippen molar-refractivity contribution < 1.29 is 4.74 Å². The molecule has 1 saturated carbocycles. The van der Waals surface area contributed by atoms with E-state index in [0.717, 1.165) is 31.7 Å². The topological polar surface area (TPSA) is 38.5 Å². The van der Waals surface area contributed by atoms with E-state index in [-0.39, 0.29) is 5.54 Å². The minimum absolute atomic E-state index is 0.0959. The molecule has 0 aromatic heterocycles. The molecule has 0 bridgehead atoms. The van der Waals surface area contributed by atoms with E-state index >= 15 is 0 Å². The van der Waals surface area contributed by atoms with Crippen LogP contribution < -0.4 is 15.4 Å². The number of anilines is 1. The Morgan fingerprint density at radius 2 is 1.89 bits per heavy atom. The van der Waals surface area contributed by atoms with Crippen LogP contribution in [0.3, 0.4) is 0 Å². The molecule has 0 unspecified atom stereocenters. The van der Waals surface area contributed by atoms with Crippen LogP contribution in [0.5, 0.6) is 5.75 Å². The van der Waals surface area contributed by atoms with Crippen molar-refractivity contribution in [1.29, 1.82) is 0 Å². The van der Waals surface area contributed by atoms with Gasteiger partial charge in [0.1, 0.15) is 5.75 Å². The monoisotopic (exact) mass is 246 g/mol. The number of piperidine rings is 1. The Morgan fingerprint density at radius 1 is 1.17 bits per heavy atom. The second-order valence-corrected chi connectivity index (χ2v) is 5.59. The van der Waals surface area contributed by atoms with Gasteiger partial charge in [0.2, 0.25) is 0 Å². The highest BCUT2D eigenvalue weighted by molar-refractivity contribution is 5.60. The lowest BCUT2D eigenvalue weighted by atomic mass is 10.00. The minimum atomic E-state index is -0.0959. The van der Waals surface area contributed by atoms with Gasteiger partial charge in [0, 0.05) is 24.3 Å². The molecule has 1 heterocycles. The quantitative estimate of drug-likeness (QED) is 0.891. The number of rotatable bonds is 3. The molecule has 3 heteroatoms. The molecule has 0 atom stereocenters. The zero-order valence-electron chi connectivity index (χ0n) is 11.1. The highest BCUT2D eigenvalue weighted by Crippen LogP contribution is 2.47. The zero-order chi connectivity index (χ0) is 12.6. The summed E-state index contributed by atoms with van der Waals surface area (Å²) >= 11 is 0. The van der Waals surface area contributed by atoms with E-state index in [4.69, 9.17) is 10.5 Å². The Bertz CT molecular complexity index is 434. The third-order valence-corrected chi connectivity index (χ3v) is 4.23. The molecule has 2 aliphatic rings. The van der Waals surface area contributed by atoms with E-state index in [1.807, 2.05) is 0 Å². The number of hydrogen-bond acceptors (Lipinski definition) is 3. The minimum Gasteiger partial charge on any atom is -0.497 e. The lowest BCUT2D eigenvalue weighted by Gasteiger charge is -2.32. The van der Waals surface area contributed by atoms with Gasteiger partial charge in [-0.05, 0) is 55.9 Å². The first-order valence-corrected chi connectivity index (χ1v) is 6.95. The van der Waals surface area contributed by atoms with Crippen LogP contribution in [0.25, 0.3) is 0 Å². The first-order valence-electron chi connectivity index (χ1n) is 6.95. The lowest BCUT2D eigenvalue weighted by molar-refractivity contribution is 0.413. The summed E-state index contributed by atoms with van der Waals surface area (Å²) in [5, 5.41) is 0. The van der Waals surface area contributed by atoms with Crippen LogP contribution in [0, 0.1) is 0 Å². The first-order chi connectivity index (χ1) is 8.73. The van der Waals surface area contributed by atoms with E-state index < -0.39 is 0 Å². The van der Waals surface area contributed by atoms with Crippen molar-refractivity contribution in [2.24, 2.45) is 5.73 Å².